The third-order valence-corrected chi connectivity index (χ3v) is 4.23. The first-order valence-corrected chi connectivity index (χ1v) is 7.44. The topological polar surface area (TPSA) is 58.4 Å². The van der Waals surface area contributed by atoms with Crippen LogP contribution in [0, 0.1) is 13.8 Å². The predicted octanol–water partition coefficient (Wildman–Crippen LogP) is 1.65. The monoisotopic (exact) mass is 279 g/mol. The summed E-state index contributed by atoms with van der Waals surface area (Å²) in [6.07, 6.45) is 3.93. The summed E-state index contributed by atoms with van der Waals surface area (Å²) in [7, 11) is 1.81. The molecule has 0 radical (unpaired) electrons. The summed E-state index contributed by atoms with van der Waals surface area (Å²) in [5.74, 6) is 0.0866. The first kappa shape index (κ1) is 15.0. The van der Waals surface area contributed by atoms with Gasteiger partial charge in [0.2, 0.25) is 5.91 Å². The lowest BCUT2D eigenvalue weighted by Gasteiger charge is -2.35. The van der Waals surface area contributed by atoms with E-state index in [-0.39, 0.29) is 18.1 Å². The van der Waals surface area contributed by atoms with Crippen LogP contribution in [0.3, 0.4) is 0 Å². The minimum Gasteiger partial charge on any atom is -0.391 e. The highest BCUT2D eigenvalue weighted by atomic mass is 16.3. The summed E-state index contributed by atoms with van der Waals surface area (Å²) >= 11 is 0. The number of nitrogens with zero attached hydrogens (tertiary/aromatic N) is 3. The maximum Gasteiger partial charge on any atom is 0.224 e. The molecule has 1 amide bonds. The fourth-order valence-electron chi connectivity index (χ4n) is 3.01. The normalized spacial score (nSPS) is 22.8. The molecule has 5 nitrogen and oxygen atoms in total. The molecule has 0 bridgehead atoms. The standard InChI is InChI=1S/C15H25N3O2/c1-11-10-12(2)18(16-11)9-8-15(20)17(3)13-6-4-5-7-14(13)19/h10,13-14,19H,4-9H2,1-3H3. The van der Waals surface area contributed by atoms with Crippen LogP contribution in [0.5, 0.6) is 0 Å². The van der Waals surface area contributed by atoms with Gasteiger partial charge in [-0.3, -0.25) is 9.48 Å². The number of carbonyl (C=O) groups is 1. The lowest BCUT2D eigenvalue weighted by molar-refractivity contribution is -0.135. The van der Waals surface area contributed by atoms with E-state index in [1.807, 2.05) is 31.6 Å². The molecule has 1 aliphatic rings. The largest absolute Gasteiger partial charge is 0.391 e. The van der Waals surface area contributed by atoms with E-state index in [0.29, 0.717) is 13.0 Å². The number of aliphatic hydroxyl groups is 1. The SMILES string of the molecule is Cc1cc(C)n(CCC(=O)N(C)C2CCCCC2O)n1. The van der Waals surface area contributed by atoms with Crippen molar-refractivity contribution in [1.29, 1.82) is 0 Å². The van der Waals surface area contributed by atoms with Crippen LogP contribution in [0.2, 0.25) is 0 Å². The van der Waals surface area contributed by atoms with Crippen molar-refractivity contribution in [2.45, 2.75) is 64.6 Å². The Morgan fingerprint density at radius 3 is 2.75 bits per heavy atom. The number of aliphatic hydroxyl groups excluding tert-OH is 1. The molecular formula is C15H25N3O2. The molecule has 0 aliphatic heterocycles. The van der Waals surface area contributed by atoms with E-state index in [0.717, 1.165) is 37.1 Å². The van der Waals surface area contributed by atoms with Crippen molar-refractivity contribution in [2.75, 3.05) is 7.05 Å². The van der Waals surface area contributed by atoms with Crippen molar-refractivity contribution in [2.24, 2.45) is 0 Å². The summed E-state index contributed by atoms with van der Waals surface area (Å²) in [4.78, 5) is 14.0. The molecule has 1 aromatic heterocycles. The summed E-state index contributed by atoms with van der Waals surface area (Å²) in [6.45, 7) is 4.56. The second-order valence-corrected chi connectivity index (χ2v) is 5.82. The van der Waals surface area contributed by atoms with Crippen molar-refractivity contribution in [3.8, 4) is 0 Å². The lowest BCUT2D eigenvalue weighted by Crippen LogP contribution is -2.46. The average Bonchev–Trinajstić information content (AvgIpc) is 2.74. The van der Waals surface area contributed by atoms with E-state index in [1.54, 1.807) is 4.90 Å². The highest BCUT2D eigenvalue weighted by molar-refractivity contribution is 5.76. The molecule has 1 heterocycles. The van der Waals surface area contributed by atoms with Gasteiger partial charge in [0, 0.05) is 25.7 Å². The minimum absolute atomic E-state index is 0.0169. The Bertz CT molecular complexity index is 470. The molecule has 5 heteroatoms. The maximum absolute atomic E-state index is 12.3. The van der Waals surface area contributed by atoms with E-state index in [9.17, 15) is 9.90 Å². The fraction of sp³-hybridized carbons (Fsp3) is 0.733. The molecule has 0 saturated heterocycles. The summed E-state index contributed by atoms with van der Waals surface area (Å²) < 4.78 is 1.87. The number of aryl methyl sites for hydroxylation is 3. The lowest BCUT2D eigenvalue weighted by atomic mass is 9.91. The summed E-state index contributed by atoms with van der Waals surface area (Å²) in [6, 6.07) is 2.00. The summed E-state index contributed by atoms with van der Waals surface area (Å²) in [5.41, 5.74) is 2.06. The molecule has 2 rings (SSSR count). The van der Waals surface area contributed by atoms with Crippen LogP contribution >= 0.6 is 0 Å². The van der Waals surface area contributed by atoms with E-state index in [4.69, 9.17) is 0 Å². The number of carbonyl (C=O) groups excluding carboxylic acids is 1. The van der Waals surface area contributed by atoms with Crippen molar-refractivity contribution in [3.05, 3.63) is 17.5 Å². The van der Waals surface area contributed by atoms with Crippen molar-refractivity contribution in [3.63, 3.8) is 0 Å². The molecule has 2 atom stereocenters. The highest BCUT2D eigenvalue weighted by Crippen LogP contribution is 2.22. The Morgan fingerprint density at radius 2 is 2.15 bits per heavy atom. The van der Waals surface area contributed by atoms with Crippen molar-refractivity contribution >= 4 is 5.91 Å². The first-order valence-electron chi connectivity index (χ1n) is 7.44. The third-order valence-electron chi connectivity index (χ3n) is 4.23. The molecular weight excluding hydrogens is 254 g/mol. The smallest absolute Gasteiger partial charge is 0.224 e. The quantitative estimate of drug-likeness (QED) is 0.911. The first-order chi connectivity index (χ1) is 9.49. The number of likely N-dealkylation sites (N-methyl/N-ethyl adjacent to an activating group) is 1. The second kappa shape index (κ2) is 6.39. The van der Waals surface area contributed by atoms with Crippen molar-refractivity contribution in [1.82, 2.24) is 14.7 Å². The van der Waals surface area contributed by atoms with E-state index in [2.05, 4.69) is 5.10 Å². The number of hydrogen-bond donors (Lipinski definition) is 1. The average molecular weight is 279 g/mol. The predicted molar refractivity (Wildman–Crippen MR) is 77.4 cm³/mol. The molecule has 112 valence electrons. The maximum atomic E-state index is 12.3. The van der Waals surface area contributed by atoms with Crippen LogP contribution < -0.4 is 0 Å². The molecule has 2 unspecified atom stereocenters. The zero-order chi connectivity index (χ0) is 14.7. The number of amides is 1. The molecule has 1 aliphatic carbocycles. The van der Waals surface area contributed by atoms with E-state index >= 15 is 0 Å². The molecule has 1 saturated carbocycles. The molecule has 1 fully saturated rings. The Balaban J connectivity index is 1.89. The summed E-state index contributed by atoms with van der Waals surface area (Å²) in [5, 5.41) is 14.4. The van der Waals surface area contributed by atoms with Gasteiger partial charge in [-0.2, -0.15) is 5.10 Å². The van der Waals surface area contributed by atoms with Crippen LogP contribution in [0.15, 0.2) is 6.07 Å². The van der Waals surface area contributed by atoms with E-state index in [1.165, 1.54) is 0 Å². The number of rotatable bonds is 4. The Labute approximate surface area is 120 Å². The van der Waals surface area contributed by atoms with Crippen LogP contribution in [0.25, 0.3) is 0 Å². The Hall–Kier alpha value is -1.36. The molecule has 20 heavy (non-hydrogen) atoms. The molecule has 1 aromatic rings. The molecule has 0 spiro atoms. The minimum atomic E-state index is -0.369. The second-order valence-electron chi connectivity index (χ2n) is 5.82. The van der Waals surface area contributed by atoms with Gasteiger partial charge in [0.15, 0.2) is 0 Å². The number of aromatic nitrogens is 2. The van der Waals surface area contributed by atoms with Gasteiger partial charge in [0.1, 0.15) is 0 Å². The highest BCUT2D eigenvalue weighted by Gasteiger charge is 2.29. The molecule has 1 N–H and O–H groups in total. The Kier molecular flexibility index (Phi) is 4.81. The van der Waals surface area contributed by atoms with Gasteiger partial charge in [-0.05, 0) is 32.8 Å². The van der Waals surface area contributed by atoms with Gasteiger partial charge in [0.05, 0.1) is 17.8 Å². The van der Waals surface area contributed by atoms with Gasteiger partial charge in [0.25, 0.3) is 0 Å². The molecule has 0 aromatic carbocycles. The van der Waals surface area contributed by atoms with Gasteiger partial charge >= 0.3 is 0 Å². The van der Waals surface area contributed by atoms with Gasteiger partial charge in [-0.15, -0.1) is 0 Å². The zero-order valence-corrected chi connectivity index (χ0v) is 12.7. The third kappa shape index (κ3) is 3.39. The van der Waals surface area contributed by atoms with Gasteiger partial charge in [-0.25, -0.2) is 0 Å². The van der Waals surface area contributed by atoms with E-state index < -0.39 is 0 Å². The van der Waals surface area contributed by atoms with Crippen molar-refractivity contribution < 1.29 is 9.90 Å². The van der Waals surface area contributed by atoms with Crippen LogP contribution in [-0.4, -0.2) is 44.9 Å². The fourth-order valence-corrected chi connectivity index (χ4v) is 3.01. The van der Waals surface area contributed by atoms with Gasteiger partial charge in [-0.1, -0.05) is 12.8 Å². The Morgan fingerprint density at radius 1 is 1.45 bits per heavy atom. The van der Waals surface area contributed by atoms with Crippen LogP contribution in [0.4, 0.5) is 0 Å². The number of hydrogen-bond acceptors (Lipinski definition) is 3. The van der Waals surface area contributed by atoms with Crippen LogP contribution in [-0.2, 0) is 11.3 Å². The van der Waals surface area contributed by atoms with Crippen LogP contribution in [0.1, 0.15) is 43.5 Å². The zero-order valence-electron chi connectivity index (χ0n) is 12.7. The van der Waals surface area contributed by atoms with Gasteiger partial charge < -0.3 is 10.0 Å².